The van der Waals surface area contributed by atoms with Crippen LogP contribution < -0.4 is 10.3 Å². The van der Waals surface area contributed by atoms with Crippen molar-refractivity contribution in [3.8, 4) is 0 Å². The van der Waals surface area contributed by atoms with Gasteiger partial charge >= 0.3 is 5.97 Å². The number of benzene rings is 1. The van der Waals surface area contributed by atoms with Gasteiger partial charge in [-0.25, -0.2) is 0 Å². The molecule has 1 aliphatic heterocycles. The van der Waals surface area contributed by atoms with E-state index in [2.05, 4.69) is 10.4 Å². The number of nitrogens with zero attached hydrogens (tertiary/aromatic N) is 2. The van der Waals surface area contributed by atoms with Gasteiger partial charge in [0.2, 0.25) is 11.8 Å². The van der Waals surface area contributed by atoms with Crippen LogP contribution in [0.15, 0.2) is 29.4 Å². The zero-order chi connectivity index (χ0) is 16.8. The average molecular weight is 335 g/mol. The van der Waals surface area contributed by atoms with Crippen LogP contribution in [0.3, 0.4) is 0 Å². The fourth-order valence-electron chi connectivity index (χ4n) is 1.96. The number of ether oxygens (including phenoxy) is 1. The largest absolute Gasteiger partial charge is 0.466 e. The molecule has 0 radical (unpaired) electrons. The van der Waals surface area contributed by atoms with E-state index in [4.69, 9.17) is 4.74 Å². The molecule has 1 N–H and O–H groups in total. The van der Waals surface area contributed by atoms with Gasteiger partial charge in [-0.15, -0.1) is 5.10 Å². The minimum Gasteiger partial charge on any atom is -0.466 e. The van der Waals surface area contributed by atoms with E-state index in [1.54, 1.807) is 31.2 Å². The van der Waals surface area contributed by atoms with Crippen molar-refractivity contribution in [2.75, 3.05) is 17.4 Å². The molecule has 0 bridgehead atoms. The monoisotopic (exact) mass is 335 g/mol. The van der Waals surface area contributed by atoms with Crippen LogP contribution in [0.25, 0.3) is 0 Å². The fraction of sp³-hybridized carbons (Fsp3) is 0.333. The number of amidine groups is 1. The van der Waals surface area contributed by atoms with E-state index in [1.807, 2.05) is 0 Å². The molecule has 0 spiro atoms. The first-order valence-electron chi connectivity index (χ1n) is 7.06. The molecule has 1 aromatic rings. The summed E-state index contributed by atoms with van der Waals surface area (Å²) in [4.78, 5) is 34.6. The predicted octanol–water partition coefficient (Wildman–Crippen LogP) is 1.28. The van der Waals surface area contributed by atoms with Crippen LogP contribution in [0, 0.1) is 0 Å². The van der Waals surface area contributed by atoms with Gasteiger partial charge in [-0.05, 0) is 24.6 Å². The van der Waals surface area contributed by atoms with Crippen LogP contribution >= 0.6 is 11.8 Å². The number of hydrogen-bond donors (Lipinski definition) is 1. The number of carbonyl (C=O) groups is 3. The van der Waals surface area contributed by atoms with Crippen molar-refractivity contribution in [2.24, 2.45) is 5.10 Å². The van der Waals surface area contributed by atoms with Gasteiger partial charge < -0.3 is 10.1 Å². The molecule has 0 saturated carbocycles. The number of hydrazone groups is 1. The molecule has 1 fully saturated rings. The number of thioether (sulfide) groups is 1. The topological polar surface area (TPSA) is 88.1 Å². The van der Waals surface area contributed by atoms with Crippen molar-refractivity contribution < 1.29 is 19.1 Å². The summed E-state index contributed by atoms with van der Waals surface area (Å²) in [5, 5.41) is 8.32. The summed E-state index contributed by atoms with van der Waals surface area (Å²) in [6.45, 7) is 3.45. The van der Waals surface area contributed by atoms with Gasteiger partial charge in [0.1, 0.15) is 0 Å². The van der Waals surface area contributed by atoms with E-state index in [0.717, 1.165) is 5.56 Å². The molecule has 1 heterocycles. The molecule has 7 nitrogen and oxygen atoms in total. The lowest BCUT2D eigenvalue weighted by atomic mass is 10.1. The highest BCUT2D eigenvalue weighted by molar-refractivity contribution is 8.15. The van der Waals surface area contributed by atoms with Crippen molar-refractivity contribution in [3.05, 3.63) is 29.8 Å². The Balaban J connectivity index is 2.21. The third-order valence-electron chi connectivity index (χ3n) is 2.88. The molecule has 1 aliphatic rings. The van der Waals surface area contributed by atoms with Gasteiger partial charge in [-0.1, -0.05) is 23.9 Å². The van der Waals surface area contributed by atoms with Crippen molar-refractivity contribution in [1.82, 2.24) is 5.32 Å². The fourth-order valence-corrected chi connectivity index (χ4v) is 2.62. The molecule has 2 amide bonds. The third-order valence-corrected chi connectivity index (χ3v) is 3.75. The summed E-state index contributed by atoms with van der Waals surface area (Å²) in [6, 6.07) is 6.92. The maximum atomic E-state index is 11.9. The number of amides is 2. The van der Waals surface area contributed by atoms with Gasteiger partial charge in [0, 0.05) is 6.92 Å². The quantitative estimate of drug-likeness (QED) is 0.647. The molecule has 23 heavy (non-hydrogen) atoms. The zero-order valence-corrected chi connectivity index (χ0v) is 13.7. The molecule has 8 heteroatoms. The van der Waals surface area contributed by atoms with Crippen LogP contribution in [0.5, 0.6) is 0 Å². The highest BCUT2D eigenvalue weighted by Crippen LogP contribution is 2.20. The van der Waals surface area contributed by atoms with Crippen LogP contribution in [0.4, 0.5) is 5.69 Å². The van der Waals surface area contributed by atoms with Gasteiger partial charge in [-0.2, -0.15) is 5.01 Å². The molecule has 0 unspecified atom stereocenters. The summed E-state index contributed by atoms with van der Waals surface area (Å²) in [5.41, 5.74) is 1.24. The van der Waals surface area contributed by atoms with Gasteiger partial charge in [0.25, 0.3) is 0 Å². The Morgan fingerprint density at radius 1 is 1.43 bits per heavy atom. The van der Waals surface area contributed by atoms with E-state index in [0.29, 0.717) is 17.5 Å². The Kier molecular flexibility index (Phi) is 5.75. The first-order chi connectivity index (χ1) is 11.0. The van der Waals surface area contributed by atoms with Crippen LogP contribution in [-0.2, 0) is 25.5 Å². The first kappa shape index (κ1) is 17.0. The molecule has 0 aromatic heterocycles. The lowest BCUT2D eigenvalue weighted by Crippen LogP contribution is -2.28. The molecule has 1 aromatic carbocycles. The van der Waals surface area contributed by atoms with E-state index in [9.17, 15) is 14.4 Å². The number of rotatable bonds is 5. The summed E-state index contributed by atoms with van der Waals surface area (Å²) < 4.78 is 4.92. The number of anilines is 1. The molecule has 122 valence electrons. The predicted molar refractivity (Wildman–Crippen MR) is 88.0 cm³/mol. The van der Waals surface area contributed by atoms with Gasteiger partial charge in [0.05, 0.1) is 24.5 Å². The summed E-state index contributed by atoms with van der Waals surface area (Å²) in [5.74, 6) is -0.488. The highest BCUT2D eigenvalue weighted by atomic mass is 32.2. The minimum atomic E-state index is -0.330. The SMILES string of the molecule is CCOC(=O)Cc1cccc(N(N=C2NC(=O)CS2)C(C)=O)c1. The second-order valence-corrected chi connectivity index (χ2v) is 5.69. The molecule has 1 saturated heterocycles. The van der Waals surface area contributed by atoms with E-state index < -0.39 is 0 Å². The normalized spacial score (nSPS) is 15.4. The Hall–Kier alpha value is -2.35. The third kappa shape index (κ3) is 4.82. The number of hydrogen-bond acceptors (Lipinski definition) is 6. The van der Waals surface area contributed by atoms with Crippen molar-refractivity contribution in [1.29, 1.82) is 0 Å². The Bertz CT molecular complexity index is 660. The molecular formula is C15H17N3O4S. The van der Waals surface area contributed by atoms with Crippen molar-refractivity contribution in [3.63, 3.8) is 0 Å². The van der Waals surface area contributed by atoms with E-state index in [1.165, 1.54) is 23.7 Å². The van der Waals surface area contributed by atoms with Crippen LogP contribution in [-0.4, -0.2) is 35.3 Å². The molecule has 0 atom stereocenters. The number of carbonyl (C=O) groups excluding carboxylic acids is 3. The lowest BCUT2D eigenvalue weighted by Gasteiger charge is -2.16. The second kappa shape index (κ2) is 7.77. The average Bonchev–Trinajstić information content (AvgIpc) is 2.90. The lowest BCUT2D eigenvalue weighted by molar-refractivity contribution is -0.142. The van der Waals surface area contributed by atoms with E-state index in [-0.39, 0.29) is 30.0 Å². The van der Waals surface area contributed by atoms with Crippen LogP contribution in [0.1, 0.15) is 19.4 Å². The zero-order valence-electron chi connectivity index (χ0n) is 12.9. The Morgan fingerprint density at radius 2 is 2.22 bits per heavy atom. The van der Waals surface area contributed by atoms with Gasteiger partial charge in [0.15, 0.2) is 5.17 Å². The van der Waals surface area contributed by atoms with E-state index >= 15 is 0 Å². The highest BCUT2D eigenvalue weighted by Gasteiger charge is 2.20. The smallest absolute Gasteiger partial charge is 0.310 e. The molecule has 0 aliphatic carbocycles. The maximum absolute atomic E-state index is 11.9. The maximum Gasteiger partial charge on any atom is 0.310 e. The van der Waals surface area contributed by atoms with Gasteiger partial charge in [-0.3, -0.25) is 14.4 Å². The van der Waals surface area contributed by atoms with Crippen molar-refractivity contribution >= 4 is 40.4 Å². The first-order valence-corrected chi connectivity index (χ1v) is 8.04. The minimum absolute atomic E-state index is 0.121. The van der Waals surface area contributed by atoms with Crippen molar-refractivity contribution in [2.45, 2.75) is 20.3 Å². The standard InChI is InChI=1S/C15H17N3O4S/c1-3-22-14(21)8-11-5-4-6-12(7-11)18(10(2)19)17-15-16-13(20)9-23-15/h4-7H,3,8-9H2,1-2H3,(H,16,17,20). The summed E-state index contributed by atoms with van der Waals surface area (Å²) in [7, 11) is 0. The number of esters is 1. The Labute approximate surface area is 138 Å². The second-order valence-electron chi connectivity index (χ2n) is 4.72. The summed E-state index contributed by atoms with van der Waals surface area (Å²) >= 11 is 1.23. The molecular weight excluding hydrogens is 318 g/mol. The molecule has 2 rings (SSSR count). The number of nitrogens with one attached hydrogen (secondary N) is 1. The van der Waals surface area contributed by atoms with Crippen LogP contribution in [0.2, 0.25) is 0 Å². The Morgan fingerprint density at radius 3 is 2.83 bits per heavy atom. The summed E-state index contributed by atoms with van der Waals surface area (Å²) in [6.07, 6.45) is 0.121.